The fourth-order valence-electron chi connectivity index (χ4n) is 3.02. The van der Waals surface area contributed by atoms with Gasteiger partial charge in [0.2, 0.25) is 11.7 Å². The van der Waals surface area contributed by atoms with Gasteiger partial charge in [-0.15, -0.1) is 10.2 Å². The molecule has 29 heavy (non-hydrogen) atoms. The molecule has 0 aliphatic carbocycles. The standard InChI is InChI=1S/C20H16N6O2S/c1-13-6-8-14(9-7-13)25-18(28)15-4-2-3-5-16(15)26-19(25)23-24-20(26)29-12-17(27)22-11-10-21/h2-9H,11-12H2,1H3,(H,22,27). The van der Waals surface area contributed by atoms with Gasteiger partial charge < -0.3 is 5.32 Å². The number of hydrogen-bond acceptors (Lipinski definition) is 6. The fraction of sp³-hybridized carbons (Fsp3) is 0.150. The third-order valence-electron chi connectivity index (χ3n) is 4.38. The van der Waals surface area contributed by atoms with Crippen molar-refractivity contribution in [3.63, 3.8) is 0 Å². The Balaban J connectivity index is 1.89. The number of hydrogen-bond donors (Lipinski definition) is 1. The van der Waals surface area contributed by atoms with Crippen LogP contribution in [0.4, 0.5) is 0 Å². The predicted molar refractivity (Wildman–Crippen MR) is 110 cm³/mol. The van der Waals surface area contributed by atoms with Crippen molar-refractivity contribution in [2.24, 2.45) is 0 Å². The van der Waals surface area contributed by atoms with E-state index in [1.807, 2.05) is 55.5 Å². The molecule has 0 fully saturated rings. The van der Waals surface area contributed by atoms with Gasteiger partial charge in [-0.1, -0.05) is 41.6 Å². The van der Waals surface area contributed by atoms with Crippen LogP contribution in [0.3, 0.4) is 0 Å². The van der Waals surface area contributed by atoms with Crippen LogP contribution in [-0.4, -0.2) is 37.4 Å². The monoisotopic (exact) mass is 404 g/mol. The Kier molecular flexibility index (Phi) is 5.01. The van der Waals surface area contributed by atoms with Gasteiger partial charge >= 0.3 is 0 Å². The maximum atomic E-state index is 13.2. The first-order valence-electron chi connectivity index (χ1n) is 8.82. The highest BCUT2D eigenvalue weighted by atomic mass is 32.2. The van der Waals surface area contributed by atoms with Gasteiger partial charge in [-0.3, -0.25) is 14.0 Å². The summed E-state index contributed by atoms with van der Waals surface area (Å²) in [6.07, 6.45) is 0. The molecule has 0 spiro atoms. The zero-order valence-electron chi connectivity index (χ0n) is 15.5. The lowest BCUT2D eigenvalue weighted by Crippen LogP contribution is -2.25. The molecule has 2 aromatic heterocycles. The van der Waals surface area contributed by atoms with E-state index >= 15 is 0 Å². The van der Waals surface area contributed by atoms with E-state index in [0.717, 1.165) is 5.56 Å². The van der Waals surface area contributed by atoms with Gasteiger partial charge in [-0.05, 0) is 31.2 Å². The van der Waals surface area contributed by atoms with Crippen LogP contribution in [0.15, 0.2) is 58.5 Å². The van der Waals surface area contributed by atoms with Crippen LogP contribution >= 0.6 is 11.8 Å². The summed E-state index contributed by atoms with van der Waals surface area (Å²) in [6.45, 7) is 1.93. The summed E-state index contributed by atoms with van der Waals surface area (Å²) in [4.78, 5) is 25.1. The topological polar surface area (TPSA) is 105 Å². The van der Waals surface area contributed by atoms with Crippen LogP contribution in [0.25, 0.3) is 22.4 Å². The van der Waals surface area contributed by atoms with E-state index in [0.29, 0.717) is 27.5 Å². The molecular weight excluding hydrogens is 388 g/mol. The molecule has 1 amide bonds. The first-order chi connectivity index (χ1) is 14.1. The van der Waals surface area contributed by atoms with E-state index in [4.69, 9.17) is 5.26 Å². The number of thioether (sulfide) groups is 1. The number of aryl methyl sites for hydroxylation is 1. The van der Waals surface area contributed by atoms with Gasteiger partial charge in [0.05, 0.1) is 28.4 Å². The quantitative estimate of drug-likeness (QED) is 0.403. The van der Waals surface area contributed by atoms with Gasteiger partial charge in [0.25, 0.3) is 5.56 Å². The molecule has 144 valence electrons. The minimum absolute atomic E-state index is 0.0458. The van der Waals surface area contributed by atoms with E-state index in [1.165, 1.54) is 16.3 Å². The molecule has 8 nitrogen and oxygen atoms in total. The van der Waals surface area contributed by atoms with Gasteiger partial charge in [0, 0.05) is 0 Å². The van der Waals surface area contributed by atoms with E-state index < -0.39 is 0 Å². The van der Waals surface area contributed by atoms with Crippen molar-refractivity contribution in [3.05, 3.63) is 64.4 Å². The molecule has 0 bridgehead atoms. The third-order valence-corrected chi connectivity index (χ3v) is 5.31. The zero-order valence-corrected chi connectivity index (χ0v) is 16.3. The molecule has 1 N–H and O–H groups in total. The molecule has 0 unspecified atom stereocenters. The van der Waals surface area contributed by atoms with Crippen LogP contribution in [0, 0.1) is 18.3 Å². The van der Waals surface area contributed by atoms with Crippen molar-refractivity contribution in [2.45, 2.75) is 12.1 Å². The number of fused-ring (bicyclic) bond motifs is 3. The average molecular weight is 404 g/mol. The minimum Gasteiger partial charge on any atom is -0.342 e. The molecule has 0 atom stereocenters. The smallest absolute Gasteiger partial charge is 0.267 e. The van der Waals surface area contributed by atoms with Crippen LogP contribution in [-0.2, 0) is 4.79 Å². The van der Waals surface area contributed by atoms with Crippen LogP contribution in [0.1, 0.15) is 5.56 Å². The lowest BCUT2D eigenvalue weighted by Gasteiger charge is -2.11. The third kappa shape index (κ3) is 3.46. The van der Waals surface area contributed by atoms with E-state index in [-0.39, 0.29) is 23.8 Å². The number of rotatable bonds is 5. The number of amides is 1. The van der Waals surface area contributed by atoms with Crippen molar-refractivity contribution in [1.82, 2.24) is 24.5 Å². The highest BCUT2D eigenvalue weighted by Crippen LogP contribution is 2.23. The van der Waals surface area contributed by atoms with Crippen LogP contribution in [0.2, 0.25) is 0 Å². The SMILES string of the molecule is Cc1ccc(-n2c(=O)c3ccccc3n3c(SCC(=O)NCC#N)nnc23)cc1. The van der Waals surface area contributed by atoms with Crippen molar-refractivity contribution in [1.29, 1.82) is 5.26 Å². The summed E-state index contributed by atoms with van der Waals surface area (Å²) in [7, 11) is 0. The van der Waals surface area contributed by atoms with Crippen molar-refractivity contribution < 1.29 is 4.79 Å². The number of nitriles is 1. The van der Waals surface area contributed by atoms with Crippen LogP contribution < -0.4 is 10.9 Å². The van der Waals surface area contributed by atoms with Crippen molar-refractivity contribution in [3.8, 4) is 11.8 Å². The molecule has 0 radical (unpaired) electrons. The Morgan fingerprint density at radius 2 is 1.93 bits per heavy atom. The first-order valence-corrected chi connectivity index (χ1v) is 9.81. The summed E-state index contributed by atoms with van der Waals surface area (Å²) < 4.78 is 3.30. The summed E-state index contributed by atoms with van der Waals surface area (Å²) in [5, 5.41) is 20.5. The number of carbonyl (C=O) groups is 1. The Bertz CT molecular complexity index is 1320. The lowest BCUT2D eigenvalue weighted by atomic mass is 10.2. The number of aromatic nitrogens is 4. The second kappa shape index (κ2) is 7.77. The molecule has 2 heterocycles. The average Bonchev–Trinajstić information content (AvgIpc) is 3.16. The molecular formula is C20H16N6O2S. The molecule has 4 rings (SSSR count). The molecule has 9 heteroatoms. The lowest BCUT2D eigenvalue weighted by molar-refractivity contribution is -0.118. The highest BCUT2D eigenvalue weighted by molar-refractivity contribution is 7.99. The maximum absolute atomic E-state index is 13.2. The summed E-state index contributed by atoms with van der Waals surface area (Å²) >= 11 is 1.19. The van der Waals surface area contributed by atoms with E-state index in [2.05, 4.69) is 15.5 Å². The molecule has 4 aromatic rings. The van der Waals surface area contributed by atoms with Crippen molar-refractivity contribution >= 4 is 34.3 Å². The van der Waals surface area contributed by atoms with Gasteiger partial charge in [-0.2, -0.15) is 5.26 Å². The predicted octanol–water partition coefficient (Wildman–Crippen LogP) is 2.07. The van der Waals surface area contributed by atoms with E-state index in [1.54, 1.807) is 10.5 Å². The Morgan fingerprint density at radius 1 is 1.17 bits per heavy atom. The molecule has 0 aliphatic heterocycles. The summed E-state index contributed by atoms with van der Waals surface area (Å²) in [5.74, 6) is 0.183. The Hall–Kier alpha value is -3.64. The van der Waals surface area contributed by atoms with Crippen molar-refractivity contribution in [2.75, 3.05) is 12.3 Å². The summed E-state index contributed by atoms with van der Waals surface area (Å²) in [5.41, 5.74) is 2.25. The normalized spacial score (nSPS) is 10.9. The zero-order chi connectivity index (χ0) is 20.4. The molecule has 0 aliphatic rings. The summed E-state index contributed by atoms with van der Waals surface area (Å²) in [6, 6.07) is 16.7. The number of nitrogens with one attached hydrogen (secondary N) is 1. The van der Waals surface area contributed by atoms with Gasteiger partial charge in [-0.25, -0.2) is 4.57 Å². The number of benzene rings is 2. The Morgan fingerprint density at radius 3 is 2.69 bits per heavy atom. The molecule has 2 aromatic carbocycles. The Labute approximate surface area is 169 Å². The fourth-order valence-corrected chi connectivity index (χ4v) is 3.79. The first kappa shape index (κ1) is 18.7. The van der Waals surface area contributed by atoms with Gasteiger partial charge in [0.1, 0.15) is 6.54 Å². The maximum Gasteiger partial charge on any atom is 0.267 e. The molecule has 0 saturated carbocycles. The number of nitrogens with zero attached hydrogens (tertiary/aromatic N) is 5. The number of para-hydroxylation sites is 1. The highest BCUT2D eigenvalue weighted by Gasteiger charge is 2.18. The number of carbonyl (C=O) groups excluding carboxylic acids is 1. The van der Waals surface area contributed by atoms with Gasteiger partial charge in [0.15, 0.2) is 5.16 Å². The minimum atomic E-state index is -0.274. The second-order valence-electron chi connectivity index (χ2n) is 6.33. The second-order valence-corrected chi connectivity index (χ2v) is 7.28. The molecule has 0 saturated heterocycles. The largest absolute Gasteiger partial charge is 0.342 e. The van der Waals surface area contributed by atoms with E-state index in [9.17, 15) is 9.59 Å². The van der Waals surface area contributed by atoms with Crippen LogP contribution in [0.5, 0.6) is 0 Å².